The largest absolute Gasteiger partial charge is 0.462 e. The molecule has 1 rings (SSSR count). The van der Waals surface area contributed by atoms with Gasteiger partial charge in [-0.15, -0.1) is 11.3 Å². The maximum atomic E-state index is 11.5. The van der Waals surface area contributed by atoms with E-state index in [4.69, 9.17) is 4.74 Å². The number of ether oxygens (including phenoxy) is 1. The molecule has 4 heteroatoms. The Hall–Kier alpha value is -1.42. The lowest BCUT2D eigenvalue weighted by molar-refractivity contribution is -0.138. The molecule has 0 spiro atoms. The Morgan fingerprint density at radius 1 is 1.53 bits per heavy atom. The average Bonchev–Trinajstić information content (AvgIpc) is 2.70. The second-order valence-corrected chi connectivity index (χ2v) is 4.01. The maximum Gasteiger partial charge on any atom is 0.333 e. The lowest BCUT2D eigenvalue weighted by atomic mass is 10.2. The van der Waals surface area contributed by atoms with Crippen molar-refractivity contribution in [2.75, 3.05) is 6.61 Å². The SMILES string of the molecule is C=C(C)C(=O)OCCC(=O)c1cccs1. The molecule has 0 aliphatic heterocycles. The van der Waals surface area contributed by atoms with E-state index in [-0.39, 0.29) is 18.8 Å². The van der Waals surface area contributed by atoms with E-state index in [1.165, 1.54) is 11.3 Å². The van der Waals surface area contributed by atoms with E-state index in [9.17, 15) is 9.59 Å². The predicted octanol–water partition coefficient (Wildman–Crippen LogP) is 2.44. The second-order valence-electron chi connectivity index (χ2n) is 3.07. The summed E-state index contributed by atoms with van der Waals surface area (Å²) in [6.45, 7) is 5.13. The van der Waals surface area contributed by atoms with E-state index in [1.54, 1.807) is 13.0 Å². The van der Waals surface area contributed by atoms with E-state index < -0.39 is 5.97 Å². The lowest BCUT2D eigenvalue weighted by Gasteiger charge is -2.02. The monoisotopic (exact) mass is 224 g/mol. The van der Waals surface area contributed by atoms with Crippen LogP contribution >= 0.6 is 11.3 Å². The highest BCUT2D eigenvalue weighted by Crippen LogP contribution is 2.11. The standard InChI is InChI=1S/C11H12O3S/c1-8(2)11(13)14-6-5-9(12)10-4-3-7-15-10/h3-4,7H,1,5-6H2,2H3. The summed E-state index contributed by atoms with van der Waals surface area (Å²) >= 11 is 1.39. The summed E-state index contributed by atoms with van der Waals surface area (Å²) in [4.78, 5) is 23.1. The van der Waals surface area contributed by atoms with E-state index in [1.807, 2.05) is 11.4 Å². The highest BCUT2D eigenvalue weighted by Gasteiger charge is 2.08. The first-order valence-corrected chi connectivity index (χ1v) is 5.38. The molecule has 1 aromatic heterocycles. The smallest absolute Gasteiger partial charge is 0.333 e. The number of esters is 1. The topological polar surface area (TPSA) is 43.4 Å². The molecule has 0 aliphatic rings. The summed E-state index contributed by atoms with van der Waals surface area (Å²) in [6, 6.07) is 3.57. The molecular formula is C11H12O3S. The van der Waals surface area contributed by atoms with E-state index in [2.05, 4.69) is 6.58 Å². The van der Waals surface area contributed by atoms with Gasteiger partial charge in [-0.1, -0.05) is 12.6 Å². The predicted molar refractivity (Wildman–Crippen MR) is 59.0 cm³/mol. The molecule has 3 nitrogen and oxygen atoms in total. The summed E-state index contributed by atoms with van der Waals surface area (Å²) < 4.78 is 4.82. The molecule has 0 atom stereocenters. The van der Waals surface area contributed by atoms with E-state index in [0.717, 1.165) is 0 Å². The fourth-order valence-electron chi connectivity index (χ4n) is 0.920. The number of hydrogen-bond acceptors (Lipinski definition) is 4. The van der Waals surface area contributed by atoms with Gasteiger partial charge in [0, 0.05) is 12.0 Å². The fraction of sp³-hybridized carbons (Fsp3) is 0.273. The van der Waals surface area contributed by atoms with Crippen molar-refractivity contribution in [3.8, 4) is 0 Å². The van der Waals surface area contributed by atoms with Crippen molar-refractivity contribution in [2.24, 2.45) is 0 Å². The second kappa shape index (κ2) is 5.46. The highest BCUT2D eigenvalue weighted by molar-refractivity contribution is 7.12. The van der Waals surface area contributed by atoms with Crippen LogP contribution in [0, 0.1) is 0 Å². The summed E-state index contributed by atoms with van der Waals surface area (Å²) in [5.41, 5.74) is 0.346. The van der Waals surface area contributed by atoms with Gasteiger partial charge in [0.25, 0.3) is 0 Å². The number of carbonyl (C=O) groups is 2. The Morgan fingerprint density at radius 3 is 2.80 bits per heavy atom. The zero-order valence-corrected chi connectivity index (χ0v) is 9.30. The lowest BCUT2D eigenvalue weighted by Crippen LogP contribution is -2.09. The van der Waals surface area contributed by atoms with Crippen molar-refractivity contribution in [1.29, 1.82) is 0 Å². The molecule has 0 unspecified atom stereocenters. The van der Waals surface area contributed by atoms with Gasteiger partial charge in [0.1, 0.15) is 0 Å². The van der Waals surface area contributed by atoms with Crippen LogP contribution in [0.2, 0.25) is 0 Å². The molecule has 0 aromatic carbocycles. The van der Waals surface area contributed by atoms with Crippen molar-refractivity contribution < 1.29 is 14.3 Å². The zero-order chi connectivity index (χ0) is 11.3. The third-order valence-corrected chi connectivity index (χ3v) is 2.62. The van der Waals surface area contributed by atoms with Gasteiger partial charge in [-0.3, -0.25) is 4.79 Å². The molecule has 0 saturated heterocycles. The summed E-state index contributed by atoms with van der Waals surface area (Å²) in [6.07, 6.45) is 0.222. The first kappa shape index (κ1) is 11.7. The Balaban J connectivity index is 2.30. The van der Waals surface area contributed by atoms with E-state index >= 15 is 0 Å². The minimum atomic E-state index is -0.450. The molecule has 0 amide bonds. The van der Waals surface area contributed by atoms with Gasteiger partial charge >= 0.3 is 5.97 Å². The van der Waals surface area contributed by atoms with E-state index in [0.29, 0.717) is 10.5 Å². The Labute approximate surface area is 92.4 Å². The van der Waals surface area contributed by atoms with Crippen LogP contribution < -0.4 is 0 Å². The van der Waals surface area contributed by atoms with Crippen molar-refractivity contribution in [2.45, 2.75) is 13.3 Å². The van der Waals surface area contributed by atoms with Gasteiger partial charge < -0.3 is 4.74 Å². The quantitative estimate of drug-likeness (QED) is 0.438. The third kappa shape index (κ3) is 3.67. The molecule has 0 saturated carbocycles. The van der Waals surface area contributed by atoms with Gasteiger partial charge in [-0.2, -0.15) is 0 Å². The summed E-state index contributed by atoms with van der Waals surface area (Å²) in [5, 5.41) is 1.84. The number of thiophene rings is 1. The van der Waals surface area contributed by atoms with Crippen LogP contribution in [0.4, 0.5) is 0 Å². The molecule has 0 radical (unpaired) electrons. The zero-order valence-electron chi connectivity index (χ0n) is 8.49. The van der Waals surface area contributed by atoms with Gasteiger partial charge in [-0.25, -0.2) is 4.79 Å². The Bertz CT molecular complexity index is 365. The summed E-state index contributed by atoms with van der Waals surface area (Å²) in [5.74, 6) is -0.450. The molecule has 0 aliphatic carbocycles. The van der Waals surface area contributed by atoms with Crippen LogP contribution in [-0.2, 0) is 9.53 Å². The van der Waals surface area contributed by atoms with Crippen LogP contribution in [-0.4, -0.2) is 18.4 Å². The molecule has 0 fully saturated rings. The number of Topliss-reactive ketones (excluding diaryl/α,β-unsaturated/α-hetero) is 1. The van der Waals surface area contributed by atoms with Crippen molar-refractivity contribution >= 4 is 23.1 Å². The minimum absolute atomic E-state index is 0.000449. The fourth-order valence-corrected chi connectivity index (χ4v) is 1.61. The third-order valence-electron chi connectivity index (χ3n) is 1.71. The first-order valence-electron chi connectivity index (χ1n) is 4.50. The number of hydrogen-bond donors (Lipinski definition) is 0. The highest BCUT2D eigenvalue weighted by atomic mass is 32.1. The van der Waals surface area contributed by atoms with Crippen LogP contribution in [0.15, 0.2) is 29.7 Å². The van der Waals surface area contributed by atoms with Crippen molar-refractivity contribution in [3.05, 3.63) is 34.5 Å². The Kier molecular flexibility index (Phi) is 4.24. The van der Waals surface area contributed by atoms with Gasteiger partial charge in [0.05, 0.1) is 11.5 Å². The molecular weight excluding hydrogens is 212 g/mol. The molecule has 0 N–H and O–H groups in total. The van der Waals surface area contributed by atoms with Crippen LogP contribution in [0.1, 0.15) is 23.0 Å². The number of carbonyl (C=O) groups excluding carboxylic acids is 2. The normalized spacial score (nSPS) is 9.67. The van der Waals surface area contributed by atoms with Crippen molar-refractivity contribution in [3.63, 3.8) is 0 Å². The number of rotatable bonds is 5. The van der Waals surface area contributed by atoms with Crippen LogP contribution in [0.3, 0.4) is 0 Å². The Morgan fingerprint density at radius 2 is 2.27 bits per heavy atom. The average molecular weight is 224 g/mol. The summed E-state index contributed by atoms with van der Waals surface area (Å²) in [7, 11) is 0. The molecule has 1 heterocycles. The number of ketones is 1. The minimum Gasteiger partial charge on any atom is -0.462 e. The maximum absolute atomic E-state index is 11.5. The van der Waals surface area contributed by atoms with Crippen molar-refractivity contribution in [1.82, 2.24) is 0 Å². The van der Waals surface area contributed by atoms with Gasteiger partial charge in [0.15, 0.2) is 5.78 Å². The van der Waals surface area contributed by atoms with Gasteiger partial charge in [0.2, 0.25) is 0 Å². The first-order chi connectivity index (χ1) is 7.11. The molecule has 80 valence electrons. The molecule has 1 aromatic rings. The molecule has 15 heavy (non-hydrogen) atoms. The van der Waals surface area contributed by atoms with Crippen LogP contribution in [0.25, 0.3) is 0 Å². The molecule has 0 bridgehead atoms. The van der Waals surface area contributed by atoms with Crippen LogP contribution in [0.5, 0.6) is 0 Å². The van der Waals surface area contributed by atoms with Gasteiger partial charge in [-0.05, 0) is 18.4 Å².